The van der Waals surface area contributed by atoms with Crippen LogP contribution in [0.4, 0.5) is 4.39 Å². The van der Waals surface area contributed by atoms with Gasteiger partial charge in [0.05, 0.1) is 4.90 Å². The van der Waals surface area contributed by atoms with Crippen LogP contribution in [-0.4, -0.2) is 31.9 Å². The second-order valence-corrected chi connectivity index (χ2v) is 7.41. The van der Waals surface area contributed by atoms with Gasteiger partial charge in [0.2, 0.25) is 10.0 Å². The molecule has 1 aliphatic carbocycles. The fourth-order valence-corrected chi connectivity index (χ4v) is 4.44. The van der Waals surface area contributed by atoms with Gasteiger partial charge in [0.25, 0.3) is 0 Å². The normalized spacial score (nSPS) is 24.1. The lowest BCUT2D eigenvalue weighted by molar-refractivity contribution is 0.252. The third-order valence-corrected chi connectivity index (χ3v) is 6.08. The van der Waals surface area contributed by atoms with Crippen molar-refractivity contribution in [1.29, 1.82) is 0 Å². The van der Waals surface area contributed by atoms with Crippen LogP contribution in [0.2, 0.25) is 0 Å². The summed E-state index contributed by atoms with van der Waals surface area (Å²) in [5, 5.41) is 0. The van der Waals surface area contributed by atoms with E-state index in [2.05, 4.69) is 0 Å². The lowest BCUT2D eigenvalue weighted by Crippen LogP contribution is -2.50. The van der Waals surface area contributed by atoms with E-state index in [0.29, 0.717) is 5.56 Å². The highest BCUT2D eigenvalue weighted by Crippen LogP contribution is 2.27. The number of hydrogen-bond donors (Lipinski definition) is 1. The maximum Gasteiger partial charge on any atom is 0.243 e. The Morgan fingerprint density at radius 1 is 1.30 bits per heavy atom. The molecule has 1 aromatic carbocycles. The number of likely N-dealkylation sites (N-methyl/N-ethyl adjacent to an activating group) is 1. The molecule has 1 saturated carbocycles. The second kappa shape index (κ2) is 5.79. The van der Waals surface area contributed by atoms with Crippen molar-refractivity contribution in [1.82, 2.24) is 4.31 Å². The summed E-state index contributed by atoms with van der Waals surface area (Å²) in [6, 6.07) is 3.46. The third-order valence-electron chi connectivity index (χ3n) is 4.06. The van der Waals surface area contributed by atoms with Gasteiger partial charge >= 0.3 is 0 Å². The van der Waals surface area contributed by atoms with Crippen LogP contribution in [0.25, 0.3) is 0 Å². The minimum absolute atomic E-state index is 0.0257. The van der Waals surface area contributed by atoms with E-state index >= 15 is 0 Å². The van der Waals surface area contributed by atoms with Gasteiger partial charge in [-0.15, -0.1) is 0 Å². The largest absolute Gasteiger partial charge is 0.326 e. The molecule has 0 saturated heterocycles. The summed E-state index contributed by atoms with van der Waals surface area (Å²) in [7, 11) is -2.17. The average Bonchev–Trinajstić information content (AvgIpc) is 2.41. The van der Waals surface area contributed by atoms with Crippen LogP contribution >= 0.6 is 0 Å². The molecule has 0 heterocycles. The molecule has 2 atom stereocenters. The summed E-state index contributed by atoms with van der Waals surface area (Å²) in [6.45, 7) is 1.67. The van der Waals surface area contributed by atoms with Crippen LogP contribution < -0.4 is 5.73 Å². The first-order valence-corrected chi connectivity index (χ1v) is 8.28. The van der Waals surface area contributed by atoms with E-state index in [0.717, 1.165) is 31.7 Å². The van der Waals surface area contributed by atoms with E-state index in [1.807, 2.05) is 0 Å². The van der Waals surface area contributed by atoms with Gasteiger partial charge in [-0.2, -0.15) is 4.31 Å². The maximum atomic E-state index is 13.4. The first kappa shape index (κ1) is 15.4. The monoisotopic (exact) mass is 300 g/mol. The number of rotatable bonds is 3. The molecule has 0 radical (unpaired) electrons. The lowest BCUT2D eigenvalue weighted by Gasteiger charge is -2.35. The molecule has 2 unspecified atom stereocenters. The molecule has 0 spiro atoms. The van der Waals surface area contributed by atoms with Crippen molar-refractivity contribution in [3.8, 4) is 0 Å². The third kappa shape index (κ3) is 2.87. The highest BCUT2D eigenvalue weighted by Gasteiger charge is 2.34. The lowest BCUT2D eigenvalue weighted by atomic mass is 9.91. The molecule has 0 amide bonds. The van der Waals surface area contributed by atoms with Crippen LogP contribution in [0.5, 0.6) is 0 Å². The Morgan fingerprint density at radius 3 is 2.60 bits per heavy atom. The van der Waals surface area contributed by atoms with Crippen molar-refractivity contribution >= 4 is 10.0 Å². The molecule has 0 aliphatic heterocycles. The van der Waals surface area contributed by atoms with Gasteiger partial charge in [-0.3, -0.25) is 0 Å². The molecule has 6 heteroatoms. The minimum Gasteiger partial charge on any atom is -0.326 e. The Hall–Kier alpha value is -0.980. The molecular weight excluding hydrogens is 279 g/mol. The predicted octanol–water partition coefficient (Wildman–Crippen LogP) is 2.02. The first-order chi connectivity index (χ1) is 9.34. The molecule has 1 fully saturated rings. The van der Waals surface area contributed by atoms with Crippen LogP contribution in [-0.2, 0) is 10.0 Å². The second-order valence-electron chi connectivity index (χ2n) is 5.45. The number of aryl methyl sites for hydroxylation is 1. The van der Waals surface area contributed by atoms with Gasteiger partial charge in [-0.1, -0.05) is 18.9 Å². The number of nitrogens with zero attached hydrogens (tertiary/aromatic N) is 1. The maximum absolute atomic E-state index is 13.4. The minimum atomic E-state index is -3.71. The number of halogens is 1. The molecule has 0 aromatic heterocycles. The van der Waals surface area contributed by atoms with Gasteiger partial charge in [0, 0.05) is 19.1 Å². The molecule has 0 bridgehead atoms. The Morgan fingerprint density at radius 2 is 1.95 bits per heavy atom. The molecule has 112 valence electrons. The smallest absolute Gasteiger partial charge is 0.243 e. The Kier molecular flexibility index (Phi) is 4.46. The summed E-state index contributed by atoms with van der Waals surface area (Å²) in [6.07, 6.45) is 3.59. The standard InChI is InChI=1S/C14H21FN2O2S/c1-10-7-8-11(15)9-14(10)20(18,19)17(2)13-6-4-3-5-12(13)16/h7-9,12-13H,3-6,16H2,1-2H3. The summed E-state index contributed by atoms with van der Waals surface area (Å²) in [5.74, 6) is -0.546. The van der Waals surface area contributed by atoms with E-state index in [1.54, 1.807) is 6.92 Å². The van der Waals surface area contributed by atoms with Crippen molar-refractivity contribution in [3.63, 3.8) is 0 Å². The molecule has 1 aliphatic rings. The van der Waals surface area contributed by atoms with Crippen molar-refractivity contribution < 1.29 is 12.8 Å². The molecule has 1 aromatic rings. The van der Waals surface area contributed by atoms with E-state index in [9.17, 15) is 12.8 Å². The van der Waals surface area contributed by atoms with E-state index in [1.165, 1.54) is 23.5 Å². The molecule has 20 heavy (non-hydrogen) atoms. The number of nitrogens with two attached hydrogens (primary N) is 1. The van der Waals surface area contributed by atoms with E-state index in [-0.39, 0.29) is 17.0 Å². The van der Waals surface area contributed by atoms with Crippen molar-refractivity contribution in [2.24, 2.45) is 5.73 Å². The van der Waals surface area contributed by atoms with Crippen molar-refractivity contribution in [2.75, 3.05) is 7.05 Å². The van der Waals surface area contributed by atoms with Crippen LogP contribution in [0, 0.1) is 12.7 Å². The van der Waals surface area contributed by atoms with Gasteiger partial charge < -0.3 is 5.73 Å². The Balaban J connectivity index is 2.36. The number of sulfonamides is 1. The fourth-order valence-electron chi connectivity index (χ4n) is 2.78. The molecule has 4 nitrogen and oxygen atoms in total. The zero-order chi connectivity index (χ0) is 14.9. The van der Waals surface area contributed by atoms with Crippen molar-refractivity contribution in [3.05, 3.63) is 29.6 Å². The quantitative estimate of drug-likeness (QED) is 0.929. The van der Waals surface area contributed by atoms with Crippen molar-refractivity contribution in [2.45, 2.75) is 49.6 Å². The molecule has 2 N–H and O–H groups in total. The molecular formula is C14H21FN2O2S. The summed E-state index contributed by atoms with van der Waals surface area (Å²) < 4.78 is 40.0. The summed E-state index contributed by atoms with van der Waals surface area (Å²) in [5.41, 5.74) is 6.59. The van der Waals surface area contributed by atoms with Crippen LogP contribution in [0.3, 0.4) is 0 Å². The van der Waals surface area contributed by atoms with Crippen LogP contribution in [0.1, 0.15) is 31.2 Å². The highest BCUT2D eigenvalue weighted by atomic mass is 32.2. The number of hydrogen-bond acceptors (Lipinski definition) is 3. The first-order valence-electron chi connectivity index (χ1n) is 6.84. The summed E-state index contributed by atoms with van der Waals surface area (Å²) in [4.78, 5) is 0.0257. The van der Waals surface area contributed by atoms with E-state index < -0.39 is 15.8 Å². The highest BCUT2D eigenvalue weighted by molar-refractivity contribution is 7.89. The average molecular weight is 300 g/mol. The summed E-state index contributed by atoms with van der Waals surface area (Å²) >= 11 is 0. The number of benzene rings is 1. The molecule has 2 rings (SSSR count). The van der Waals surface area contributed by atoms with Gasteiger partial charge in [0.1, 0.15) is 5.82 Å². The topological polar surface area (TPSA) is 63.4 Å². The van der Waals surface area contributed by atoms with Crippen LogP contribution in [0.15, 0.2) is 23.1 Å². The zero-order valence-corrected chi connectivity index (χ0v) is 12.7. The Bertz CT molecular complexity index is 589. The van der Waals surface area contributed by atoms with Gasteiger partial charge in [-0.25, -0.2) is 12.8 Å². The van der Waals surface area contributed by atoms with E-state index in [4.69, 9.17) is 5.73 Å². The van der Waals surface area contributed by atoms with Gasteiger partial charge in [0.15, 0.2) is 0 Å². The Labute approximate surface area is 119 Å². The predicted molar refractivity (Wildman–Crippen MR) is 76.3 cm³/mol. The zero-order valence-electron chi connectivity index (χ0n) is 11.8. The SMILES string of the molecule is Cc1ccc(F)cc1S(=O)(=O)N(C)C1CCCCC1N. The van der Waals surface area contributed by atoms with Gasteiger partial charge in [-0.05, 0) is 37.5 Å². The fraction of sp³-hybridized carbons (Fsp3) is 0.571.